The first-order chi connectivity index (χ1) is 13.6. The van der Waals surface area contributed by atoms with Gasteiger partial charge in [-0.2, -0.15) is 0 Å². The molecule has 6 nitrogen and oxygen atoms in total. The molecule has 3 rings (SSSR count). The van der Waals surface area contributed by atoms with E-state index in [1.54, 1.807) is 12.4 Å². The van der Waals surface area contributed by atoms with Crippen molar-refractivity contribution >= 4 is 11.8 Å². The Hall–Kier alpha value is -2.73. The van der Waals surface area contributed by atoms with Crippen molar-refractivity contribution in [1.82, 2.24) is 15.2 Å². The smallest absolute Gasteiger partial charge is 0.225 e. The summed E-state index contributed by atoms with van der Waals surface area (Å²) in [6, 6.07) is 13.1. The number of hydrogen-bond acceptors (Lipinski definition) is 4. The van der Waals surface area contributed by atoms with E-state index in [0.717, 1.165) is 30.6 Å². The van der Waals surface area contributed by atoms with E-state index in [4.69, 9.17) is 4.74 Å². The molecule has 1 fully saturated rings. The summed E-state index contributed by atoms with van der Waals surface area (Å²) in [4.78, 5) is 30.9. The van der Waals surface area contributed by atoms with E-state index in [9.17, 15) is 9.59 Å². The Bertz CT molecular complexity index is 761. The Morgan fingerprint density at radius 2 is 2.07 bits per heavy atom. The second kappa shape index (κ2) is 9.99. The van der Waals surface area contributed by atoms with Crippen LogP contribution in [0.5, 0.6) is 0 Å². The summed E-state index contributed by atoms with van der Waals surface area (Å²) in [5.74, 6) is -0.165. The molecule has 1 aliphatic rings. The number of benzene rings is 1. The average molecular weight is 381 g/mol. The SMILES string of the molecule is CC(=O)NC(CC(=O)N(Cc1cccnc1)CC1CCCO1)c1ccccc1. The fourth-order valence-electron chi connectivity index (χ4n) is 3.49. The van der Waals surface area contributed by atoms with Crippen molar-refractivity contribution in [3.8, 4) is 0 Å². The maximum absolute atomic E-state index is 13.2. The zero-order valence-electron chi connectivity index (χ0n) is 16.2. The van der Waals surface area contributed by atoms with Gasteiger partial charge < -0.3 is 15.0 Å². The summed E-state index contributed by atoms with van der Waals surface area (Å²) in [5, 5.41) is 2.91. The second-order valence-corrected chi connectivity index (χ2v) is 7.14. The van der Waals surface area contributed by atoms with Gasteiger partial charge in [0.15, 0.2) is 0 Å². The van der Waals surface area contributed by atoms with Crippen LogP contribution in [0.3, 0.4) is 0 Å². The van der Waals surface area contributed by atoms with Crippen molar-refractivity contribution in [3.63, 3.8) is 0 Å². The molecule has 0 aliphatic carbocycles. The molecule has 6 heteroatoms. The standard InChI is InChI=1S/C22H27N3O3/c1-17(26)24-21(19-8-3-2-4-9-19)13-22(27)25(16-20-10-6-12-28-20)15-18-7-5-11-23-14-18/h2-5,7-9,11,14,20-21H,6,10,12-13,15-16H2,1H3,(H,24,26). The van der Waals surface area contributed by atoms with Gasteiger partial charge in [-0.1, -0.05) is 36.4 Å². The molecule has 1 aromatic carbocycles. The first-order valence-corrected chi connectivity index (χ1v) is 9.72. The minimum atomic E-state index is -0.355. The molecule has 2 atom stereocenters. The van der Waals surface area contributed by atoms with Crippen LogP contribution >= 0.6 is 0 Å². The van der Waals surface area contributed by atoms with E-state index in [2.05, 4.69) is 10.3 Å². The first kappa shape index (κ1) is 20.0. The summed E-state index contributed by atoms with van der Waals surface area (Å²) in [5.41, 5.74) is 1.90. The fraction of sp³-hybridized carbons (Fsp3) is 0.409. The van der Waals surface area contributed by atoms with Crippen LogP contribution in [0.25, 0.3) is 0 Å². The minimum absolute atomic E-state index is 0.0121. The maximum atomic E-state index is 13.2. The van der Waals surface area contributed by atoms with E-state index in [-0.39, 0.29) is 30.4 Å². The first-order valence-electron chi connectivity index (χ1n) is 9.72. The molecule has 1 saturated heterocycles. The number of rotatable bonds is 8. The van der Waals surface area contributed by atoms with Crippen LogP contribution in [0.2, 0.25) is 0 Å². The molecule has 1 aromatic heterocycles. The summed E-state index contributed by atoms with van der Waals surface area (Å²) < 4.78 is 5.75. The predicted octanol–water partition coefficient (Wildman–Crippen LogP) is 2.86. The number of nitrogens with zero attached hydrogens (tertiary/aromatic N) is 2. The van der Waals surface area contributed by atoms with Crippen LogP contribution in [0.4, 0.5) is 0 Å². The predicted molar refractivity (Wildman–Crippen MR) is 106 cm³/mol. The Kier molecular flexibility index (Phi) is 7.14. The molecule has 0 bridgehead atoms. The van der Waals surface area contributed by atoms with Crippen molar-refractivity contribution in [2.45, 2.75) is 44.9 Å². The van der Waals surface area contributed by atoms with Gasteiger partial charge in [0.25, 0.3) is 0 Å². The summed E-state index contributed by atoms with van der Waals surface area (Å²) >= 11 is 0. The second-order valence-electron chi connectivity index (χ2n) is 7.14. The molecular formula is C22H27N3O3. The third-order valence-electron chi connectivity index (χ3n) is 4.86. The van der Waals surface area contributed by atoms with Gasteiger partial charge in [-0.25, -0.2) is 0 Å². The molecular weight excluding hydrogens is 354 g/mol. The van der Waals surface area contributed by atoms with Gasteiger partial charge in [-0.3, -0.25) is 14.6 Å². The topological polar surface area (TPSA) is 71.5 Å². The molecule has 2 heterocycles. The van der Waals surface area contributed by atoms with Gasteiger partial charge in [-0.15, -0.1) is 0 Å². The number of carbonyl (C=O) groups is 2. The maximum Gasteiger partial charge on any atom is 0.225 e. The van der Waals surface area contributed by atoms with E-state index in [1.807, 2.05) is 47.4 Å². The van der Waals surface area contributed by atoms with Crippen LogP contribution in [0, 0.1) is 0 Å². The molecule has 1 aliphatic heterocycles. The minimum Gasteiger partial charge on any atom is -0.376 e. The molecule has 2 aromatic rings. The zero-order valence-corrected chi connectivity index (χ0v) is 16.2. The molecule has 0 radical (unpaired) electrons. The summed E-state index contributed by atoms with van der Waals surface area (Å²) in [7, 11) is 0. The van der Waals surface area contributed by atoms with E-state index < -0.39 is 0 Å². The van der Waals surface area contributed by atoms with Crippen LogP contribution in [0.1, 0.15) is 43.4 Å². The van der Waals surface area contributed by atoms with E-state index in [1.165, 1.54) is 6.92 Å². The number of pyridine rings is 1. The Morgan fingerprint density at radius 1 is 1.25 bits per heavy atom. The molecule has 1 N–H and O–H groups in total. The number of hydrogen-bond donors (Lipinski definition) is 1. The quantitative estimate of drug-likeness (QED) is 0.763. The van der Waals surface area contributed by atoms with Crippen molar-refractivity contribution in [2.75, 3.05) is 13.2 Å². The lowest BCUT2D eigenvalue weighted by Crippen LogP contribution is -2.39. The van der Waals surface area contributed by atoms with Crippen molar-refractivity contribution in [2.24, 2.45) is 0 Å². The van der Waals surface area contributed by atoms with Gasteiger partial charge in [-0.05, 0) is 30.0 Å². The van der Waals surface area contributed by atoms with Crippen LogP contribution in [-0.2, 0) is 20.9 Å². The summed E-state index contributed by atoms with van der Waals surface area (Å²) in [6.07, 6.45) is 5.76. The lowest BCUT2D eigenvalue weighted by Gasteiger charge is -2.28. The molecule has 0 saturated carbocycles. The zero-order chi connectivity index (χ0) is 19.8. The van der Waals surface area contributed by atoms with Gasteiger partial charge in [0.2, 0.25) is 11.8 Å². The van der Waals surface area contributed by atoms with E-state index >= 15 is 0 Å². The normalized spacial score (nSPS) is 17.1. The number of amides is 2. The number of aromatic nitrogens is 1. The van der Waals surface area contributed by atoms with Gasteiger partial charge in [0.1, 0.15) is 0 Å². The Morgan fingerprint density at radius 3 is 2.71 bits per heavy atom. The van der Waals surface area contributed by atoms with Gasteiger partial charge in [0.05, 0.1) is 18.6 Å². The van der Waals surface area contributed by atoms with Crippen LogP contribution in [-0.4, -0.2) is 41.0 Å². The monoisotopic (exact) mass is 381 g/mol. The third kappa shape index (κ3) is 5.89. The largest absolute Gasteiger partial charge is 0.376 e. The molecule has 0 spiro atoms. The molecule has 2 unspecified atom stereocenters. The van der Waals surface area contributed by atoms with Crippen LogP contribution in [0.15, 0.2) is 54.9 Å². The number of carbonyl (C=O) groups excluding carboxylic acids is 2. The van der Waals surface area contributed by atoms with Crippen molar-refractivity contribution in [1.29, 1.82) is 0 Å². The van der Waals surface area contributed by atoms with Crippen LogP contribution < -0.4 is 5.32 Å². The lowest BCUT2D eigenvalue weighted by molar-refractivity contribution is -0.134. The Balaban J connectivity index is 1.74. The number of ether oxygens (including phenoxy) is 1. The number of nitrogens with one attached hydrogen (secondary N) is 1. The third-order valence-corrected chi connectivity index (χ3v) is 4.86. The molecule has 28 heavy (non-hydrogen) atoms. The average Bonchev–Trinajstić information content (AvgIpc) is 3.21. The highest BCUT2D eigenvalue weighted by molar-refractivity contribution is 5.79. The van der Waals surface area contributed by atoms with Crippen molar-refractivity contribution in [3.05, 3.63) is 66.0 Å². The van der Waals surface area contributed by atoms with E-state index in [0.29, 0.717) is 13.1 Å². The molecule has 2 amide bonds. The van der Waals surface area contributed by atoms with Gasteiger partial charge in [0, 0.05) is 39.0 Å². The highest BCUT2D eigenvalue weighted by Gasteiger charge is 2.25. The van der Waals surface area contributed by atoms with Gasteiger partial charge >= 0.3 is 0 Å². The lowest BCUT2D eigenvalue weighted by atomic mass is 10.0. The molecule has 148 valence electrons. The highest BCUT2D eigenvalue weighted by atomic mass is 16.5. The fourth-order valence-corrected chi connectivity index (χ4v) is 3.49. The summed E-state index contributed by atoms with van der Waals surface area (Å²) in [6.45, 7) is 3.25. The Labute approximate surface area is 165 Å². The highest BCUT2D eigenvalue weighted by Crippen LogP contribution is 2.21. The van der Waals surface area contributed by atoms with Crippen molar-refractivity contribution < 1.29 is 14.3 Å².